The molecular formula is C17H20N2O. The fourth-order valence-electron chi connectivity index (χ4n) is 3.36. The van der Waals surface area contributed by atoms with Crippen LogP contribution in [0.15, 0.2) is 28.8 Å². The highest BCUT2D eigenvalue weighted by Gasteiger charge is 2.21. The molecule has 1 aromatic heterocycles. The SMILES string of the molecule is c1cc2c(cc1-c1cnc(C3CCCN3)o1)CCCC2. The molecule has 2 aromatic rings. The van der Waals surface area contributed by atoms with Gasteiger partial charge >= 0.3 is 0 Å². The zero-order chi connectivity index (χ0) is 13.4. The van der Waals surface area contributed by atoms with Gasteiger partial charge in [0.25, 0.3) is 0 Å². The van der Waals surface area contributed by atoms with E-state index < -0.39 is 0 Å². The second kappa shape index (κ2) is 5.06. The van der Waals surface area contributed by atoms with Crippen molar-refractivity contribution >= 4 is 0 Å². The van der Waals surface area contributed by atoms with E-state index in [4.69, 9.17) is 4.42 Å². The van der Waals surface area contributed by atoms with Gasteiger partial charge in [0.2, 0.25) is 5.89 Å². The van der Waals surface area contributed by atoms with Crippen LogP contribution in [0.3, 0.4) is 0 Å². The Labute approximate surface area is 119 Å². The lowest BCUT2D eigenvalue weighted by atomic mass is 9.90. The van der Waals surface area contributed by atoms with E-state index in [9.17, 15) is 0 Å². The third kappa shape index (κ3) is 2.16. The lowest BCUT2D eigenvalue weighted by molar-refractivity contribution is 0.437. The van der Waals surface area contributed by atoms with E-state index in [0.29, 0.717) is 6.04 Å². The Morgan fingerprint density at radius 3 is 2.85 bits per heavy atom. The third-order valence-corrected chi connectivity index (χ3v) is 4.51. The van der Waals surface area contributed by atoms with Crippen molar-refractivity contribution in [2.75, 3.05) is 6.54 Å². The van der Waals surface area contributed by atoms with Gasteiger partial charge in [0.1, 0.15) is 0 Å². The first kappa shape index (κ1) is 12.2. The Bertz CT molecular complexity index is 611. The van der Waals surface area contributed by atoms with Gasteiger partial charge in [-0.15, -0.1) is 0 Å². The van der Waals surface area contributed by atoms with Gasteiger partial charge in [-0.05, 0) is 62.3 Å². The van der Waals surface area contributed by atoms with Crippen molar-refractivity contribution in [1.82, 2.24) is 10.3 Å². The standard InChI is InChI=1S/C17H20N2O/c1-2-5-13-10-14(8-7-12(13)4-1)16-11-19-17(20-16)15-6-3-9-18-15/h7-8,10-11,15,18H,1-6,9H2. The summed E-state index contributed by atoms with van der Waals surface area (Å²) in [7, 11) is 0. The number of nitrogens with zero attached hydrogens (tertiary/aromatic N) is 1. The zero-order valence-electron chi connectivity index (χ0n) is 11.7. The predicted octanol–water partition coefficient (Wildman–Crippen LogP) is 3.64. The highest BCUT2D eigenvalue weighted by Crippen LogP contribution is 2.30. The van der Waals surface area contributed by atoms with Gasteiger partial charge < -0.3 is 9.73 Å². The summed E-state index contributed by atoms with van der Waals surface area (Å²) in [4.78, 5) is 4.46. The molecule has 104 valence electrons. The van der Waals surface area contributed by atoms with E-state index >= 15 is 0 Å². The number of aryl methyl sites for hydroxylation is 2. The van der Waals surface area contributed by atoms with Gasteiger partial charge in [0, 0.05) is 5.56 Å². The second-order valence-corrected chi connectivity index (χ2v) is 5.90. The molecular weight excluding hydrogens is 248 g/mol. The van der Waals surface area contributed by atoms with Crippen molar-refractivity contribution < 1.29 is 4.42 Å². The molecule has 1 aliphatic carbocycles. The highest BCUT2D eigenvalue weighted by molar-refractivity contribution is 5.59. The number of hydrogen-bond donors (Lipinski definition) is 1. The van der Waals surface area contributed by atoms with E-state index in [1.807, 2.05) is 6.20 Å². The maximum absolute atomic E-state index is 5.97. The average Bonchev–Trinajstić information content (AvgIpc) is 3.17. The number of rotatable bonds is 2. The Kier molecular flexibility index (Phi) is 3.07. The van der Waals surface area contributed by atoms with Crippen LogP contribution in [-0.2, 0) is 12.8 Å². The molecule has 0 amide bonds. The summed E-state index contributed by atoms with van der Waals surface area (Å²) >= 11 is 0. The van der Waals surface area contributed by atoms with E-state index in [1.54, 1.807) is 0 Å². The maximum Gasteiger partial charge on any atom is 0.212 e. The average molecular weight is 268 g/mol. The molecule has 1 N–H and O–H groups in total. The van der Waals surface area contributed by atoms with Crippen molar-refractivity contribution in [2.45, 2.75) is 44.6 Å². The lowest BCUT2D eigenvalue weighted by Gasteiger charge is -2.15. The van der Waals surface area contributed by atoms with Gasteiger partial charge in [-0.25, -0.2) is 4.98 Å². The summed E-state index contributed by atoms with van der Waals surface area (Å²) in [6.45, 7) is 1.07. The molecule has 3 heteroatoms. The molecule has 0 radical (unpaired) electrons. The summed E-state index contributed by atoms with van der Waals surface area (Å²) < 4.78 is 5.97. The molecule has 1 unspecified atom stereocenters. The Hall–Kier alpha value is -1.61. The van der Waals surface area contributed by atoms with Crippen LogP contribution in [0.4, 0.5) is 0 Å². The largest absolute Gasteiger partial charge is 0.439 e. The Morgan fingerprint density at radius 1 is 1.10 bits per heavy atom. The van der Waals surface area contributed by atoms with Crippen LogP contribution in [0.25, 0.3) is 11.3 Å². The minimum absolute atomic E-state index is 0.307. The van der Waals surface area contributed by atoms with Crippen LogP contribution < -0.4 is 5.32 Å². The van der Waals surface area contributed by atoms with Crippen molar-refractivity contribution in [3.05, 3.63) is 41.4 Å². The molecule has 2 heterocycles. The van der Waals surface area contributed by atoms with Crippen molar-refractivity contribution in [1.29, 1.82) is 0 Å². The van der Waals surface area contributed by atoms with Crippen LogP contribution in [0.1, 0.15) is 48.7 Å². The molecule has 0 spiro atoms. The number of nitrogens with one attached hydrogen (secondary N) is 1. The predicted molar refractivity (Wildman–Crippen MR) is 78.6 cm³/mol. The summed E-state index contributed by atoms with van der Waals surface area (Å²) in [6, 6.07) is 7.04. The molecule has 1 aromatic carbocycles. The second-order valence-electron chi connectivity index (χ2n) is 5.90. The third-order valence-electron chi connectivity index (χ3n) is 4.51. The first-order valence-corrected chi connectivity index (χ1v) is 7.71. The van der Waals surface area contributed by atoms with Gasteiger partial charge in [-0.1, -0.05) is 12.1 Å². The number of fused-ring (bicyclic) bond motifs is 1. The molecule has 1 saturated heterocycles. The molecule has 3 nitrogen and oxygen atoms in total. The van der Waals surface area contributed by atoms with Crippen molar-refractivity contribution in [3.63, 3.8) is 0 Å². The first-order chi connectivity index (χ1) is 9.90. The fraction of sp³-hybridized carbons (Fsp3) is 0.471. The van der Waals surface area contributed by atoms with Crippen LogP contribution in [-0.4, -0.2) is 11.5 Å². The van der Waals surface area contributed by atoms with E-state index in [2.05, 4.69) is 28.5 Å². The van der Waals surface area contributed by atoms with Gasteiger partial charge in [0.05, 0.1) is 12.2 Å². The van der Waals surface area contributed by atoms with E-state index in [1.165, 1.54) is 48.8 Å². The summed E-state index contributed by atoms with van der Waals surface area (Å²) in [5.41, 5.74) is 4.17. The van der Waals surface area contributed by atoms with Crippen LogP contribution in [0, 0.1) is 0 Å². The summed E-state index contributed by atoms with van der Waals surface area (Å²) in [5, 5.41) is 3.43. The van der Waals surface area contributed by atoms with E-state index in [-0.39, 0.29) is 0 Å². The van der Waals surface area contributed by atoms with Crippen LogP contribution >= 0.6 is 0 Å². The first-order valence-electron chi connectivity index (χ1n) is 7.71. The molecule has 2 aliphatic rings. The molecule has 1 aliphatic heterocycles. The summed E-state index contributed by atoms with van der Waals surface area (Å²) in [6.07, 6.45) is 9.28. The number of oxazole rings is 1. The zero-order valence-corrected chi connectivity index (χ0v) is 11.7. The molecule has 4 rings (SSSR count). The molecule has 20 heavy (non-hydrogen) atoms. The highest BCUT2D eigenvalue weighted by atomic mass is 16.4. The minimum Gasteiger partial charge on any atom is -0.439 e. The lowest BCUT2D eigenvalue weighted by Crippen LogP contribution is -2.12. The van der Waals surface area contributed by atoms with Gasteiger partial charge in [-0.2, -0.15) is 0 Å². The molecule has 0 bridgehead atoms. The monoisotopic (exact) mass is 268 g/mol. The number of aromatic nitrogens is 1. The van der Waals surface area contributed by atoms with Gasteiger partial charge in [-0.3, -0.25) is 0 Å². The smallest absolute Gasteiger partial charge is 0.212 e. The summed E-state index contributed by atoms with van der Waals surface area (Å²) in [5.74, 6) is 1.75. The van der Waals surface area contributed by atoms with Crippen LogP contribution in [0.5, 0.6) is 0 Å². The fourth-order valence-corrected chi connectivity index (χ4v) is 3.36. The molecule has 1 fully saturated rings. The number of benzene rings is 1. The molecule has 0 saturated carbocycles. The number of hydrogen-bond acceptors (Lipinski definition) is 3. The van der Waals surface area contributed by atoms with E-state index in [0.717, 1.165) is 24.6 Å². The Morgan fingerprint density at radius 2 is 2.00 bits per heavy atom. The van der Waals surface area contributed by atoms with Crippen LogP contribution in [0.2, 0.25) is 0 Å². The van der Waals surface area contributed by atoms with Crippen molar-refractivity contribution in [2.24, 2.45) is 0 Å². The Balaban J connectivity index is 1.63. The maximum atomic E-state index is 5.97. The minimum atomic E-state index is 0.307. The topological polar surface area (TPSA) is 38.1 Å². The molecule has 1 atom stereocenters. The van der Waals surface area contributed by atoms with Gasteiger partial charge in [0.15, 0.2) is 5.76 Å². The van der Waals surface area contributed by atoms with Crippen molar-refractivity contribution in [3.8, 4) is 11.3 Å². The quantitative estimate of drug-likeness (QED) is 0.903. The normalized spacial score (nSPS) is 21.9.